The highest BCUT2D eigenvalue weighted by Gasteiger charge is 2.49. The molecule has 0 bridgehead atoms. The molecule has 26 heavy (non-hydrogen) atoms. The molecule has 2 aromatic rings. The third-order valence-electron chi connectivity index (χ3n) is 3.56. The fourth-order valence-electron chi connectivity index (χ4n) is 2.56. The number of nitrogens with zero attached hydrogens (tertiary/aromatic N) is 7. The van der Waals surface area contributed by atoms with Gasteiger partial charge in [-0.05, 0) is 5.53 Å². The van der Waals surface area contributed by atoms with E-state index in [1.807, 2.05) is 0 Å². The minimum atomic E-state index is -4.96. The summed E-state index contributed by atoms with van der Waals surface area (Å²) >= 11 is 0. The van der Waals surface area contributed by atoms with Crippen molar-refractivity contribution in [1.82, 2.24) is 19.5 Å². The van der Waals surface area contributed by atoms with Crippen molar-refractivity contribution in [1.29, 1.82) is 0 Å². The van der Waals surface area contributed by atoms with E-state index in [4.69, 9.17) is 25.8 Å². The Morgan fingerprint density at radius 3 is 2.92 bits per heavy atom. The van der Waals surface area contributed by atoms with Gasteiger partial charge in [-0.2, -0.15) is 0 Å². The van der Waals surface area contributed by atoms with Crippen molar-refractivity contribution in [2.45, 2.75) is 24.5 Å². The Morgan fingerprint density at radius 1 is 1.46 bits per heavy atom. The summed E-state index contributed by atoms with van der Waals surface area (Å²) in [6, 6.07) is 0. The number of aliphatic hydroxyl groups is 1. The zero-order valence-electron chi connectivity index (χ0n) is 12.8. The SMILES string of the molecule is [N-]=[N+]=NOC[C@H]1O[C@@H](n2cnc3c(N)ncnc32)[C@H](O)[C@@H]1OP(=O)(O)O. The summed E-state index contributed by atoms with van der Waals surface area (Å²) in [4.78, 5) is 36.9. The molecule has 0 radical (unpaired) electrons. The molecule has 1 saturated heterocycles. The fourth-order valence-corrected chi connectivity index (χ4v) is 3.14. The molecule has 0 saturated carbocycles. The van der Waals surface area contributed by atoms with Gasteiger partial charge in [0.25, 0.3) is 0 Å². The van der Waals surface area contributed by atoms with Gasteiger partial charge >= 0.3 is 7.82 Å². The number of aromatic nitrogens is 4. The average molecular weight is 388 g/mol. The maximum atomic E-state index is 11.2. The van der Waals surface area contributed by atoms with Crippen LogP contribution >= 0.6 is 7.82 Å². The second-order valence-corrected chi connectivity index (χ2v) is 6.36. The molecule has 0 aliphatic carbocycles. The number of nitrogen functional groups attached to an aromatic ring is 1. The van der Waals surface area contributed by atoms with Crippen LogP contribution in [0.4, 0.5) is 5.82 Å². The van der Waals surface area contributed by atoms with E-state index in [1.54, 1.807) is 0 Å². The van der Waals surface area contributed by atoms with Crippen LogP contribution in [0.5, 0.6) is 0 Å². The first kappa shape index (κ1) is 18.3. The molecule has 15 nitrogen and oxygen atoms in total. The van der Waals surface area contributed by atoms with Crippen molar-refractivity contribution in [3.8, 4) is 0 Å². The predicted molar refractivity (Wildman–Crippen MR) is 81.7 cm³/mol. The monoisotopic (exact) mass is 388 g/mol. The van der Waals surface area contributed by atoms with E-state index in [9.17, 15) is 9.67 Å². The lowest BCUT2D eigenvalue weighted by Crippen LogP contribution is -2.35. The number of aliphatic hydroxyl groups excluding tert-OH is 1. The van der Waals surface area contributed by atoms with Gasteiger partial charge in [0.15, 0.2) is 17.7 Å². The minimum absolute atomic E-state index is 0.104. The quantitative estimate of drug-likeness (QED) is 0.160. The van der Waals surface area contributed by atoms with Gasteiger partial charge in [0, 0.05) is 4.91 Å². The lowest BCUT2D eigenvalue weighted by Gasteiger charge is -2.20. The van der Waals surface area contributed by atoms with E-state index in [0.717, 1.165) is 0 Å². The lowest BCUT2D eigenvalue weighted by atomic mass is 10.1. The van der Waals surface area contributed by atoms with Crippen molar-refractivity contribution in [2.24, 2.45) is 5.28 Å². The first-order valence-electron chi connectivity index (χ1n) is 6.98. The molecule has 140 valence electrons. The van der Waals surface area contributed by atoms with Gasteiger partial charge in [-0.3, -0.25) is 9.09 Å². The number of ether oxygens (including phenoxy) is 1. The number of rotatable bonds is 6. The molecule has 3 heterocycles. The maximum Gasteiger partial charge on any atom is 0.470 e. The Balaban J connectivity index is 1.93. The Hall–Kier alpha value is -2.51. The van der Waals surface area contributed by atoms with Crippen molar-refractivity contribution in [2.75, 3.05) is 12.3 Å². The molecule has 1 fully saturated rings. The molecule has 5 N–H and O–H groups in total. The standard InChI is InChI=1S/C10H13N8O7P/c11-8-5-9(14-2-13-8)18(3-15-5)10-6(19)7(25-26(20,21)22)4(24-10)1-23-17-16-12/h2-4,6-7,10,19H,1H2,(H2,11,13,14)(H2,20,21,22)/t4-,6-,7-,10-/m1/s1. The van der Waals surface area contributed by atoms with Crippen molar-refractivity contribution in [3.63, 3.8) is 0 Å². The van der Waals surface area contributed by atoms with E-state index >= 15 is 0 Å². The van der Waals surface area contributed by atoms with E-state index < -0.39 is 39.0 Å². The number of phosphoric ester groups is 1. The van der Waals surface area contributed by atoms with E-state index in [-0.39, 0.29) is 17.0 Å². The van der Waals surface area contributed by atoms with Gasteiger partial charge in [0.05, 0.1) is 6.33 Å². The number of fused-ring (bicyclic) bond motifs is 1. The highest BCUT2D eigenvalue weighted by Crippen LogP contribution is 2.44. The first-order chi connectivity index (χ1) is 12.3. The molecular formula is C10H13N8O7P. The maximum absolute atomic E-state index is 11.2. The summed E-state index contributed by atoms with van der Waals surface area (Å²) in [5, 5.41) is 13.3. The van der Waals surface area contributed by atoms with Crippen LogP contribution in [0.25, 0.3) is 21.6 Å². The molecule has 0 unspecified atom stereocenters. The molecule has 1 aliphatic heterocycles. The van der Waals surface area contributed by atoms with Crippen molar-refractivity contribution >= 4 is 24.8 Å². The van der Waals surface area contributed by atoms with Crippen LogP contribution in [0.3, 0.4) is 0 Å². The van der Waals surface area contributed by atoms with Crippen LogP contribution in [-0.4, -0.2) is 59.3 Å². The third-order valence-corrected chi connectivity index (χ3v) is 4.08. The number of hydrogen-bond donors (Lipinski definition) is 4. The molecule has 0 spiro atoms. The third kappa shape index (κ3) is 3.54. The molecule has 16 heteroatoms. The summed E-state index contributed by atoms with van der Waals surface area (Å²) in [5.74, 6) is 0.104. The van der Waals surface area contributed by atoms with Crippen LogP contribution < -0.4 is 5.73 Å². The smallest absolute Gasteiger partial charge is 0.431 e. The molecule has 1 aliphatic rings. The van der Waals surface area contributed by atoms with E-state index in [2.05, 4.69) is 34.5 Å². The van der Waals surface area contributed by atoms with Crippen LogP contribution in [0.15, 0.2) is 17.9 Å². The normalized spacial score (nSPS) is 26.0. The van der Waals surface area contributed by atoms with Gasteiger partial charge in [-0.15, -0.1) is 0 Å². The molecule has 0 amide bonds. The van der Waals surface area contributed by atoms with Crippen molar-refractivity contribution < 1.29 is 33.6 Å². The lowest BCUT2D eigenvalue weighted by molar-refractivity contribution is -0.0653. The summed E-state index contributed by atoms with van der Waals surface area (Å²) in [6.45, 7) is -0.425. The van der Waals surface area contributed by atoms with Gasteiger partial charge in [0.2, 0.25) is 0 Å². The highest BCUT2D eigenvalue weighted by atomic mass is 31.2. The largest absolute Gasteiger partial charge is 0.470 e. The zero-order valence-corrected chi connectivity index (χ0v) is 13.7. The van der Waals surface area contributed by atoms with Gasteiger partial charge in [-0.25, -0.2) is 19.5 Å². The van der Waals surface area contributed by atoms with Crippen LogP contribution in [0, 0.1) is 0 Å². The van der Waals surface area contributed by atoms with Gasteiger partial charge < -0.3 is 30.2 Å². The predicted octanol–water partition coefficient (Wildman–Crippen LogP) is -0.613. The molecule has 4 atom stereocenters. The summed E-state index contributed by atoms with van der Waals surface area (Å²) in [7, 11) is -4.96. The Labute approximate surface area is 144 Å². The van der Waals surface area contributed by atoms with Crippen LogP contribution in [-0.2, 0) is 18.7 Å². The van der Waals surface area contributed by atoms with Gasteiger partial charge in [-0.1, -0.05) is 0 Å². The second kappa shape index (κ2) is 7.01. The fraction of sp³-hybridized carbons (Fsp3) is 0.500. The second-order valence-electron chi connectivity index (χ2n) is 5.17. The number of imidazole rings is 1. The zero-order chi connectivity index (χ0) is 18.9. The van der Waals surface area contributed by atoms with E-state index in [0.29, 0.717) is 0 Å². The topological polar surface area (TPSA) is 224 Å². The minimum Gasteiger partial charge on any atom is -0.431 e. The van der Waals surface area contributed by atoms with Crippen LogP contribution in [0.2, 0.25) is 0 Å². The Morgan fingerprint density at radius 2 is 2.23 bits per heavy atom. The summed E-state index contributed by atoms with van der Waals surface area (Å²) in [5.41, 5.74) is 14.4. The van der Waals surface area contributed by atoms with E-state index in [1.165, 1.54) is 17.2 Å². The van der Waals surface area contributed by atoms with Crippen molar-refractivity contribution in [3.05, 3.63) is 23.1 Å². The molecule has 3 rings (SSSR count). The Kier molecular flexibility index (Phi) is 4.93. The average Bonchev–Trinajstić information content (AvgIpc) is 3.11. The highest BCUT2D eigenvalue weighted by molar-refractivity contribution is 7.46. The molecule has 0 aromatic carbocycles. The summed E-state index contributed by atoms with van der Waals surface area (Å²) < 4.78 is 22.7. The summed E-state index contributed by atoms with van der Waals surface area (Å²) in [6.07, 6.45) is -2.89. The Bertz CT molecular complexity index is 895. The number of nitrogens with two attached hydrogens (primary N) is 1. The van der Waals surface area contributed by atoms with Gasteiger partial charge in [0.1, 0.15) is 42.0 Å². The number of azide groups is 1. The number of phosphoric acid groups is 1. The number of hydrogen-bond acceptors (Lipinski definition) is 10. The number of anilines is 1. The molecule has 2 aromatic heterocycles. The first-order valence-corrected chi connectivity index (χ1v) is 8.51. The van der Waals surface area contributed by atoms with Crippen LogP contribution in [0.1, 0.15) is 6.23 Å². The molecular weight excluding hydrogens is 375 g/mol.